The van der Waals surface area contributed by atoms with Crippen LogP contribution in [0.3, 0.4) is 0 Å². The Labute approximate surface area is 164 Å². The van der Waals surface area contributed by atoms with Crippen molar-refractivity contribution in [1.82, 2.24) is 10.9 Å². The Morgan fingerprint density at radius 1 is 1.11 bits per heavy atom. The third-order valence-corrected chi connectivity index (χ3v) is 4.81. The van der Waals surface area contributed by atoms with Crippen LogP contribution in [-0.4, -0.2) is 31.4 Å². The Bertz CT molecular complexity index is 870. The van der Waals surface area contributed by atoms with E-state index in [1.54, 1.807) is 42.5 Å². The summed E-state index contributed by atoms with van der Waals surface area (Å²) in [5.41, 5.74) is 5.81. The Morgan fingerprint density at radius 3 is 2.52 bits per heavy atom. The van der Waals surface area contributed by atoms with Gasteiger partial charge in [-0.25, -0.2) is 0 Å². The van der Waals surface area contributed by atoms with Crippen molar-refractivity contribution in [3.63, 3.8) is 0 Å². The van der Waals surface area contributed by atoms with Crippen LogP contribution in [0.4, 0.5) is 5.69 Å². The van der Waals surface area contributed by atoms with E-state index in [1.165, 1.54) is 12.0 Å². The zero-order valence-corrected chi connectivity index (χ0v) is 16.2. The van der Waals surface area contributed by atoms with Gasteiger partial charge in [-0.2, -0.15) is 0 Å². The van der Waals surface area contributed by atoms with Crippen LogP contribution in [0.2, 0.25) is 0 Å². The van der Waals surface area contributed by atoms with Crippen molar-refractivity contribution in [2.24, 2.45) is 5.92 Å². The van der Waals surface area contributed by atoms with Crippen LogP contribution < -0.4 is 20.5 Å². The first-order valence-corrected chi connectivity index (χ1v) is 9.08. The summed E-state index contributed by atoms with van der Waals surface area (Å²) in [6.07, 6.45) is 0.0675. The first kappa shape index (κ1) is 18.9. The molecule has 1 saturated heterocycles. The molecule has 0 aromatic heterocycles. The van der Waals surface area contributed by atoms with E-state index in [-0.39, 0.29) is 18.9 Å². The van der Waals surface area contributed by atoms with Crippen molar-refractivity contribution in [1.29, 1.82) is 0 Å². The van der Waals surface area contributed by atoms with E-state index in [0.717, 1.165) is 4.47 Å². The average Bonchev–Trinajstić information content (AvgIpc) is 3.08. The lowest BCUT2D eigenvalue weighted by atomic mass is 10.1. The van der Waals surface area contributed by atoms with Crippen LogP contribution in [0.25, 0.3) is 0 Å². The van der Waals surface area contributed by atoms with Crippen LogP contribution >= 0.6 is 15.9 Å². The molecule has 1 aliphatic heterocycles. The van der Waals surface area contributed by atoms with Gasteiger partial charge in [0.05, 0.1) is 18.7 Å². The summed E-state index contributed by atoms with van der Waals surface area (Å²) in [6.45, 7) is 0.221. The lowest BCUT2D eigenvalue weighted by Crippen LogP contribution is -2.45. The molecule has 140 valence electrons. The zero-order valence-electron chi connectivity index (χ0n) is 14.6. The second kappa shape index (κ2) is 8.22. The van der Waals surface area contributed by atoms with E-state index < -0.39 is 17.7 Å². The zero-order chi connectivity index (χ0) is 19.4. The van der Waals surface area contributed by atoms with E-state index in [4.69, 9.17) is 4.74 Å². The van der Waals surface area contributed by atoms with Crippen LogP contribution in [0.1, 0.15) is 16.8 Å². The molecule has 0 radical (unpaired) electrons. The number of hydrogen-bond donors (Lipinski definition) is 2. The summed E-state index contributed by atoms with van der Waals surface area (Å²) in [5, 5.41) is 0. The Hall–Kier alpha value is -2.87. The molecule has 1 fully saturated rings. The van der Waals surface area contributed by atoms with Crippen molar-refractivity contribution in [3.05, 3.63) is 58.6 Å². The van der Waals surface area contributed by atoms with Crippen LogP contribution in [0.5, 0.6) is 5.75 Å². The number of halogens is 1. The van der Waals surface area contributed by atoms with Gasteiger partial charge in [-0.05, 0) is 36.4 Å². The van der Waals surface area contributed by atoms with Gasteiger partial charge in [0.1, 0.15) is 5.75 Å². The molecular weight excluding hydrogens is 414 g/mol. The first-order chi connectivity index (χ1) is 13.0. The second-order valence-electron chi connectivity index (χ2n) is 6.03. The summed E-state index contributed by atoms with van der Waals surface area (Å²) < 4.78 is 6.13. The molecule has 0 spiro atoms. The third kappa shape index (κ3) is 4.28. The maximum absolute atomic E-state index is 12.4. The fourth-order valence-corrected chi connectivity index (χ4v) is 3.13. The topological polar surface area (TPSA) is 87.7 Å². The number of anilines is 1. The number of carbonyl (C=O) groups is 3. The molecular formula is C19H18BrN3O4. The molecule has 2 aromatic carbocycles. The van der Waals surface area contributed by atoms with Gasteiger partial charge in [0.25, 0.3) is 5.91 Å². The maximum Gasteiger partial charge on any atom is 0.269 e. The fraction of sp³-hybridized carbons (Fsp3) is 0.211. The number of rotatable bonds is 4. The van der Waals surface area contributed by atoms with Crippen molar-refractivity contribution < 1.29 is 19.1 Å². The van der Waals surface area contributed by atoms with E-state index in [1.807, 2.05) is 6.07 Å². The smallest absolute Gasteiger partial charge is 0.269 e. The standard InChI is InChI=1S/C19H18BrN3O4/c1-27-16-5-3-2-4-15(16)23-11-13(10-17(23)24)19(26)22-21-18(25)12-6-8-14(20)9-7-12/h2-9,13H,10-11H2,1H3,(H,21,25)(H,22,26)/t13-/m0/s1. The van der Waals surface area contributed by atoms with Gasteiger partial charge in [0.2, 0.25) is 11.8 Å². The third-order valence-electron chi connectivity index (χ3n) is 4.28. The van der Waals surface area contributed by atoms with E-state index >= 15 is 0 Å². The van der Waals surface area contributed by atoms with Crippen molar-refractivity contribution >= 4 is 39.3 Å². The highest BCUT2D eigenvalue weighted by Gasteiger charge is 2.36. The van der Waals surface area contributed by atoms with Gasteiger partial charge in [0, 0.05) is 23.0 Å². The number of nitrogens with one attached hydrogen (secondary N) is 2. The number of methoxy groups -OCH3 is 1. The molecule has 2 aromatic rings. The molecule has 2 N–H and O–H groups in total. The number of hydrazine groups is 1. The molecule has 0 saturated carbocycles. The van der Waals surface area contributed by atoms with Gasteiger partial charge in [-0.15, -0.1) is 0 Å². The van der Waals surface area contributed by atoms with Crippen LogP contribution in [0.15, 0.2) is 53.0 Å². The van der Waals surface area contributed by atoms with Gasteiger partial charge >= 0.3 is 0 Å². The number of para-hydroxylation sites is 2. The molecule has 8 heteroatoms. The number of benzene rings is 2. The van der Waals surface area contributed by atoms with Crippen LogP contribution in [-0.2, 0) is 9.59 Å². The number of amides is 3. The van der Waals surface area contributed by atoms with E-state index in [2.05, 4.69) is 26.8 Å². The van der Waals surface area contributed by atoms with Crippen molar-refractivity contribution in [2.45, 2.75) is 6.42 Å². The highest BCUT2D eigenvalue weighted by molar-refractivity contribution is 9.10. The highest BCUT2D eigenvalue weighted by atomic mass is 79.9. The maximum atomic E-state index is 12.4. The highest BCUT2D eigenvalue weighted by Crippen LogP contribution is 2.32. The molecule has 1 aliphatic rings. The van der Waals surface area contributed by atoms with Gasteiger partial charge in [0.15, 0.2) is 0 Å². The largest absolute Gasteiger partial charge is 0.495 e. The molecule has 27 heavy (non-hydrogen) atoms. The second-order valence-corrected chi connectivity index (χ2v) is 6.94. The quantitative estimate of drug-likeness (QED) is 0.726. The first-order valence-electron chi connectivity index (χ1n) is 8.28. The minimum Gasteiger partial charge on any atom is -0.495 e. The molecule has 3 rings (SSSR count). The fourth-order valence-electron chi connectivity index (χ4n) is 2.86. The minimum absolute atomic E-state index is 0.0675. The van der Waals surface area contributed by atoms with Crippen molar-refractivity contribution in [3.8, 4) is 5.75 Å². The summed E-state index contributed by atoms with van der Waals surface area (Å²) in [6, 6.07) is 13.9. The normalized spacial score (nSPS) is 16.1. The minimum atomic E-state index is -0.562. The Kier molecular flexibility index (Phi) is 5.75. The number of ether oxygens (including phenoxy) is 1. The van der Waals surface area contributed by atoms with Crippen molar-refractivity contribution in [2.75, 3.05) is 18.6 Å². The molecule has 0 unspecified atom stereocenters. The summed E-state index contributed by atoms with van der Waals surface area (Å²) >= 11 is 3.30. The molecule has 0 aliphatic carbocycles. The van der Waals surface area contributed by atoms with E-state index in [9.17, 15) is 14.4 Å². The Balaban J connectivity index is 1.60. The summed E-state index contributed by atoms with van der Waals surface area (Å²) in [5.74, 6) is -1.00. The van der Waals surface area contributed by atoms with Gasteiger partial charge < -0.3 is 9.64 Å². The van der Waals surface area contributed by atoms with Gasteiger partial charge in [-0.3, -0.25) is 25.2 Å². The lowest BCUT2D eigenvalue weighted by Gasteiger charge is -2.19. The molecule has 1 heterocycles. The van der Waals surface area contributed by atoms with E-state index in [0.29, 0.717) is 17.0 Å². The average molecular weight is 432 g/mol. The predicted octanol–water partition coefficient (Wildman–Crippen LogP) is 2.27. The predicted molar refractivity (Wildman–Crippen MR) is 103 cm³/mol. The lowest BCUT2D eigenvalue weighted by molar-refractivity contribution is -0.126. The molecule has 7 nitrogen and oxygen atoms in total. The van der Waals surface area contributed by atoms with Gasteiger partial charge in [-0.1, -0.05) is 28.1 Å². The number of hydrogen-bond acceptors (Lipinski definition) is 4. The SMILES string of the molecule is COc1ccccc1N1C[C@@H](C(=O)NNC(=O)c2ccc(Br)cc2)CC1=O. The Morgan fingerprint density at radius 2 is 1.81 bits per heavy atom. The summed E-state index contributed by atoms with van der Waals surface area (Å²) in [7, 11) is 1.53. The molecule has 0 bridgehead atoms. The summed E-state index contributed by atoms with van der Waals surface area (Å²) in [4.78, 5) is 38.3. The monoisotopic (exact) mass is 431 g/mol. The molecule has 1 atom stereocenters. The number of carbonyl (C=O) groups excluding carboxylic acids is 3. The van der Waals surface area contributed by atoms with Crippen LogP contribution in [0, 0.1) is 5.92 Å². The number of nitrogens with zero attached hydrogens (tertiary/aromatic N) is 1. The molecule has 3 amide bonds.